The van der Waals surface area contributed by atoms with Crippen molar-refractivity contribution >= 4 is 29.6 Å². The van der Waals surface area contributed by atoms with Gasteiger partial charge in [-0.15, -0.1) is 0 Å². The number of hydrogen-bond donors (Lipinski definition) is 3. The molecule has 7 rings (SSSR count). The molecule has 3 aromatic rings. The Kier molecular flexibility index (Phi) is 14.2. The number of fused-ring (bicyclic) bond motifs is 5. The fourth-order valence-electron chi connectivity index (χ4n) is 9.77. The first-order chi connectivity index (χ1) is 31.1. The summed E-state index contributed by atoms with van der Waals surface area (Å²) < 4.78 is 37.5. The highest BCUT2D eigenvalue weighted by Crippen LogP contribution is 2.58. The average molecular weight is 892 g/mol. The van der Waals surface area contributed by atoms with Gasteiger partial charge in [-0.2, -0.15) is 0 Å². The molecular weight excluding hydrogens is 835 g/mol. The number of aliphatic hydroxyl groups excluding tert-OH is 1. The van der Waals surface area contributed by atoms with Crippen molar-refractivity contribution < 1.29 is 62.6 Å². The summed E-state index contributed by atoms with van der Waals surface area (Å²) in [4.78, 5) is 71.0. The van der Waals surface area contributed by atoms with E-state index in [2.05, 4.69) is 5.32 Å². The second-order valence-corrected chi connectivity index (χ2v) is 17.6. The van der Waals surface area contributed by atoms with Crippen molar-refractivity contribution in [2.45, 2.75) is 102 Å². The van der Waals surface area contributed by atoms with E-state index in [0.717, 1.165) is 0 Å². The van der Waals surface area contributed by atoms with Crippen molar-refractivity contribution in [1.29, 1.82) is 0 Å². The van der Waals surface area contributed by atoms with Crippen LogP contribution in [0.1, 0.15) is 92.6 Å². The lowest BCUT2D eigenvalue weighted by atomic mass is 9.53. The molecule has 0 aromatic heterocycles. The Labute approximate surface area is 378 Å². The number of benzene rings is 3. The fourth-order valence-corrected chi connectivity index (χ4v) is 9.77. The first kappa shape index (κ1) is 47.0. The number of rotatable bonds is 9. The molecule has 0 radical (unpaired) electrons. The van der Waals surface area contributed by atoms with Gasteiger partial charge in [0, 0.05) is 42.9 Å². The summed E-state index contributed by atoms with van der Waals surface area (Å²) in [7, 11) is 0. The Balaban J connectivity index is 1.38. The predicted molar refractivity (Wildman–Crippen MR) is 236 cm³/mol. The van der Waals surface area contributed by atoms with Crippen LogP contribution in [0.4, 0.5) is 0 Å². The molecule has 14 heteroatoms. The highest BCUT2D eigenvalue weighted by molar-refractivity contribution is 6.09. The third-order valence-corrected chi connectivity index (χ3v) is 13.2. The number of aliphatic hydroxyl groups is 2. The predicted octanol–water partition coefficient (Wildman–Crippen LogP) is 6.08. The molecule has 1 fully saturated rings. The van der Waals surface area contributed by atoms with Gasteiger partial charge < -0.3 is 44.0 Å². The zero-order valence-electron chi connectivity index (χ0n) is 37.3. The Morgan fingerprint density at radius 3 is 2.12 bits per heavy atom. The lowest BCUT2D eigenvalue weighted by Gasteiger charge is -2.60. The van der Waals surface area contributed by atoms with Gasteiger partial charge in [-0.25, -0.2) is 9.59 Å². The van der Waals surface area contributed by atoms with Gasteiger partial charge in [0.2, 0.25) is 5.78 Å². The van der Waals surface area contributed by atoms with Crippen LogP contribution in [0, 0.1) is 11.3 Å². The van der Waals surface area contributed by atoms with Crippen molar-refractivity contribution in [2.75, 3.05) is 26.4 Å². The summed E-state index contributed by atoms with van der Waals surface area (Å²) in [6.07, 6.45) is -1.14. The maximum absolute atomic E-state index is 15.4. The fraction of sp³-hybridized carbons (Fsp3) is 0.431. The van der Waals surface area contributed by atoms with Crippen molar-refractivity contribution in [3.05, 3.63) is 142 Å². The van der Waals surface area contributed by atoms with Crippen LogP contribution < -0.4 is 5.32 Å². The molecule has 4 bridgehead atoms. The number of hydrogen-bond acceptors (Lipinski definition) is 13. The number of amides is 1. The molecule has 65 heavy (non-hydrogen) atoms. The number of allylic oxidation sites excluding steroid dienone is 2. The number of carbonyl (C=O) groups is 5. The van der Waals surface area contributed by atoms with E-state index in [4.69, 9.17) is 28.4 Å². The maximum Gasteiger partial charge on any atom is 0.338 e. The molecule has 2 aliphatic carbocycles. The van der Waals surface area contributed by atoms with Gasteiger partial charge in [-0.1, -0.05) is 92.7 Å². The Morgan fingerprint density at radius 1 is 0.846 bits per heavy atom. The average Bonchev–Trinajstić information content (AvgIpc) is 3.29. The second kappa shape index (κ2) is 19.7. The molecule has 1 saturated heterocycles. The van der Waals surface area contributed by atoms with Gasteiger partial charge in [-0.05, 0) is 67.7 Å². The maximum atomic E-state index is 15.4. The third kappa shape index (κ3) is 9.31. The van der Waals surface area contributed by atoms with Crippen LogP contribution >= 0.6 is 0 Å². The molecule has 3 N–H and O–H groups in total. The summed E-state index contributed by atoms with van der Waals surface area (Å²) in [5, 5.41) is 28.4. The standard InChI is InChI=1S/C51H57NO13/c1-31-37(63-48(58)43(55)41(34-19-11-8-12-20-34)52-46(56)35-21-13-9-14-22-35)29-51(59)45(64-47(57)36-23-15-10-16-24-36)40-32(2)44(42(54)39(31)49(51,4)5)61-27-18-7-6-17-26-60-28-25-38-50(40,30-62-38)65-33(3)53/h6,8-17,19-24,37-38,40-41,43,45,55,59H,7,18,25-30H2,1-5H3,(H,52,56)/b17-6+,44-32?/t37-,38+,40+,41-,43+,45-,50-,51+/m0/s1. The van der Waals surface area contributed by atoms with Gasteiger partial charge in [-0.3, -0.25) is 14.4 Å². The minimum atomic E-state index is -2.27. The quantitative estimate of drug-likeness (QED) is 0.127. The molecule has 344 valence electrons. The number of ketones is 1. The molecule has 0 spiro atoms. The molecular formula is C51H57NO13. The van der Waals surface area contributed by atoms with Crippen LogP contribution in [0.3, 0.4) is 0 Å². The van der Waals surface area contributed by atoms with Gasteiger partial charge >= 0.3 is 17.9 Å². The third-order valence-electron chi connectivity index (χ3n) is 13.2. The van der Waals surface area contributed by atoms with Crippen LogP contribution in [-0.2, 0) is 42.8 Å². The molecule has 1 amide bonds. The molecule has 2 heterocycles. The number of Topliss-reactive ketones (excluding diaryl/α,β-unsaturated/α-hetero) is 1. The van der Waals surface area contributed by atoms with Crippen molar-refractivity contribution in [3.8, 4) is 0 Å². The largest absolute Gasteiger partial charge is 0.490 e. The normalized spacial score (nSPS) is 28.1. The lowest BCUT2D eigenvalue weighted by molar-refractivity contribution is -0.296. The van der Waals surface area contributed by atoms with Crippen LogP contribution in [0.2, 0.25) is 0 Å². The summed E-state index contributed by atoms with van der Waals surface area (Å²) in [6.45, 7) is 8.19. The van der Waals surface area contributed by atoms with Crippen LogP contribution in [0.15, 0.2) is 126 Å². The smallest absolute Gasteiger partial charge is 0.338 e. The number of esters is 3. The monoisotopic (exact) mass is 891 g/mol. The van der Waals surface area contributed by atoms with Crippen molar-refractivity contribution in [2.24, 2.45) is 11.3 Å². The number of ether oxygens (including phenoxy) is 6. The number of carbonyl (C=O) groups excluding carboxylic acids is 5. The number of nitrogens with one attached hydrogen (secondary N) is 1. The highest BCUT2D eigenvalue weighted by Gasteiger charge is 2.70. The van der Waals surface area contributed by atoms with Gasteiger partial charge in [0.1, 0.15) is 23.9 Å². The van der Waals surface area contributed by atoms with E-state index in [1.807, 2.05) is 12.2 Å². The van der Waals surface area contributed by atoms with E-state index >= 15 is 4.79 Å². The van der Waals surface area contributed by atoms with E-state index in [1.54, 1.807) is 119 Å². The Bertz CT molecular complexity index is 2340. The minimum Gasteiger partial charge on any atom is -0.490 e. The van der Waals surface area contributed by atoms with E-state index in [9.17, 15) is 29.4 Å². The Hall–Kier alpha value is -5.93. The van der Waals surface area contributed by atoms with Crippen molar-refractivity contribution in [3.63, 3.8) is 0 Å². The van der Waals surface area contributed by atoms with E-state index in [-0.39, 0.29) is 54.3 Å². The highest BCUT2D eigenvalue weighted by atomic mass is 16.6. The summed E-state index contributed by atoms with van der Waals surface area (Å²) >= 11 is 0. The minimum absolute atomic E-state index is 0.0400. The topological polar surface area (TPSA) is 193 Å². The summed E-state index contributed by atoms with van der Waals surface area (Å²) in [5.74, 6) is -5.22. The van der Waals surface area contributed by atoms with Crippen LogP contribution in [0.25, 0.3) is 0 Å². The molecule has 4 aliphatic rings. The van der Waals surface area contributed by atoms with E-state index in [1.165, 1.54) is 6.92 Å². The Morgan fingerprint density at radius 2 is 1.49 bits per heavy atom. The zero-order valence-corrected chi connectivity index (χ0v) is 37.3. The van der Waals surface area contributed by atoms with Gasteiger partial charge in [0.05, 0.1) is 37.3 Å². The lowest BCUT2D eigenvalue weighted by Crippen LogP contribution is -2.73. The van der Waals surface area contributed by atoms with Crippen LogP contribution in [-0.4, -0.2) is 102 Å². The van der Waals surface area contributed by atoms with E-state index in [0.29, 0.717) is 30.6 Å². The van der Waals surface area contributed by atoms with Gasteiger partial charge in [0.25, 0.3) is 5.91 Å². The van der Waals surface area contributed by atoms with E-state index < -0.39 is 89.0 Å². The summed E-state index contributed by atoms with van der Waals surface area (Å²) in [6, 6.07) is 23.6. The first-order valence-corrected chi connectivity index (χ1v) is 22.0. The first-order valence-electron chi connectivity index (χ1n) is 22.0. The summed E-state index contributed by atoms with van der Waals surface area (Å²) in [5.41, 5.74) is -4.06. The molecule has 14 nitrogen and oxygen atoms in total. The molecule has 0 unspecified atom stereocenters. The molecule has 2 aliphatic heterocycles. The van der Waals surface area contributed by atoms with Gasteiger partial charge in [0.15, 0.2) is 17.5 Å². The molecule has 3 aromatic carbocycles. The zero-order chi connectivity index (χ0) is 46.5. The molecule has 8 atom stereocenters. The SMILES string of the molecule is CC(=O)O[C@@]12CO[C@@H]1CCOC/C=C/CCCOC1=C(C)[C@@H]2[C@H](OC(=O)c2ccccc2)[C@]2(O)C[C@H](OC(=O)[C@H](O)[C@@H](NC(=O)c3ccccc3)c3ccccc3)C(C)=C(C1=O)C2(C)C. The molecule has 0 saturated carbocycles. The van der Waals surface area contributed by atoms with Crippen molar-refractivity contribution in [1.82, 2.24) is 5.32 Å². The second-order valence-electron chi connectivity index (χ2n) is 17.6. The van der Waals surface area contributed by atoms with Crippen LogP contribution in [0.5, 0.6) is 0 Å².